The fraction of sp³-hybridized carbons (Fsp3) is 0.444. The van der Waals surface area contributed by atoms with Crippen LogP contribution in [0, 0.1) is 0 Å². The van der Waals surface area contributed by atoms with Crippen LogP contribution in [-0.2, 0) is 0 Å². The lowest BCUT2D eigenvalue weighted by atomic mass is 10.0. The van der Waals surface area contributed by atoms with Crippen molar-refractivity contribution >= 4 is 17.3 Å². The van der Waals surface area contributed by atoms with Crippen LogP contribution in [0.25, 0.3) is 0 Å². The number of nitrogens with zero attached hydrogens (tertiary/aromatic N) is 1. The van der Waals surface area contributed by atoms with Gasteiger partial charge in [0.2, 0.25) is 0 Å². The van der Waals surface area contributed by atoms with E-state index in [1.807, 2.05) is 0 Å². The second-order valence-corrected chi connectivity index (χ2v) is 3.55. The van der Waals surface area contributed by atoms with E-state index in [0.717, 1.165) is 0 Å². The molecule has 15 heavy (non-hydrogen) atoms. The molecule has 1 aromatic heterocycles. The van der Waals surface area contributed by atoms with Gasteiger partial charge in [-0.15, -0.1) is 0 Å². The lowest BCUT2D eigenvalue weighted by molar-refractivity contribution is 0.00443. The largest absolute Gasteiger partial charge is 0.398 e. The molecular weight excluding hydrogens is 220 g/mol. The fourth-order valence-corrected chi connectivity index (χ4v) is 1.37. The SMILES string of the molecule is Nc1cc(Cl)ncc1C(O)C(O)CCO. The van der Waals surface area contributed by atoms with Gasteiger partial charge in [0.15, 0.2) is 0 Å². The van der Waals surface area contributed by atoms with Gasteiger partial charge in [-0.1, -0.05) is 11.6 Å². The maximum absolute atomic E-state index is 9.67. The van der Waals surface area contributed by atoms with Crippen molar-refractivity contribution < 1.29 is 15.3 Å². The standard InChI is InChI=1S/C9H13ClN2O3/c10-8-3-6(11)5(4-12-8)9(15)7(14)1-2-13/h3-4,7,9,13-15H,1-2H2,(H2,11,12). The van der Waals surface area contributed by atoms with Crippen molar-refractivity contribution in [2.24, 2.45) is 0 Å². The van der Waals surface area contributed by atoms with Crippen LogP contribution in [0.4, 0.5) is 5.69 Å². The van der Waals surface area contributed by atoms with E-state index < -0.39 is 12.2 Å². The van der Waals surface area contributed by atoms with Gasteiger partial charge in [-0.2, -0.15) is 0 Å². The highest BCUT2D eigenvalue weighted by Gasteiger charge is 2.20. The van der Waals surface area contributed by atoms with Crippen molar-refractivity contribution in [3.63, 3.8) is 0 Å². The van der Waals surface area contributed by atoms with Crippen molar-refractivity contribution in [2.45, 2.75) is 18.6 Å². The van der Waals surface area contributed by atoms with Gasteiger partial charge in [-0.25, -0.2) is 4.98 Å². The molecule has 1 aromatic rings. The molecule has 0 radical (unpaired) electrons. The molecule has 0 saturated carbocycles. The first kappa shape index (κ1) is 12.2. The zero-order chi connectivity index (χ0) is 11.4. The van der Waals surface area contributed by atoms with Gasteiger partial charge < -0.3 is 21.1 Å². The molecule has 0 aliphatic rings. The molecule has 84 valence electrons. The third-order valence-electron chi connectivity index (χ3n) is 2.04. The van der Waals surface area contributed by atoms with Gasteiger partial charge >= 0.3 is 0 Å². The Morgan fingerprint density at radius 3 is 2.67 bits per heavy atom. The van der Waals surface area contributed by atoms with E-state index in [4.69, 9.17) is 22.4 Å². The summed E-state index contributed by atoms with van der Waals surface area (Å²) in [6, 6.07) is 1.39. The van der Waals surface area contributed by atoms with E-state index in [2.05, 4.69) is 4.98 Å². The molecule has 1 rings (SSSR count). The molecule has 0 bridgehead atoms. The summed E-state index contributed by atoms with van der Waals surface area (Å²) in [5.74, 6) is 0. The number of aromatic nitrogens is 1. The molecule has 1 heterocycles. The Morgan fingerprint density at radius 2 is 2.13 bits per heavy atom. The van der Waals surface area contributed by atoms with Gasteiger partial charge in [0.05, 0.1) is 6.10 Å². The van der Waals surface area contributed by atoms with Crippen molar-refractivity contribution in [3.05, 3.63) is 23.0 Å². The molecule has 0 aromatic carbocycles. The highest BCUT2D eigenvalue weighted by atomic mass is 35.5. The number of aliphatic hydroxyl groups excluding tert-OH is 3. The van der Waals surface area contributed by atoms with Crippen LogP contribution in [0.2, 0.25) is 5.15 Å². The highest BCUT2D eigenvalue weighted by molar-refractivity contribution is 6.29. The molecule has 0 fully saturated rings. The summed E-state index contributed by atoms with van der Waals surface area (Å²) in [5, 5.41) is 27.9. The zero-order valence-electron chi connectivity index (χ0n) is 7.97. The number of halogens is 1. The van der Waals surface area contributed by atoms with Crippen molar-refractivity contribution in [3.8, 4) is 0 Å². The Labute approximate surface area is 92.1 Å². The Balaban J connectivity index is 2.86. The van der Waals surface area contributed by atoms with E-state index in [1.54, 1.807) is 0 Å². The second-order valence-electron chi connectivity index (χ2n) is 3.16. The van der Waals surface area contributed by atoms with E-state index in [1.165, 1.54) is 12.3 Å². The summed E-state index contributed by atoms with van der Waals surface area (Å²) < 4.78 is 0. The molecule has 0 saturated heterocycles. The first-order valence-electron chi connectivity index (χ1n) is 4.44. The summed E-state index contributed by atoms with van der Waals surface area (Å²) in [6.45, 7) is -0.209. The quantitative estimate of drug-likeness (QED) is 0.552. The Kier molecular flexibility index (Phi) is 4.28. The lowest BCUT2D eigenvalue weighted by Crippen LogP contribution is -2.20. The predicted octanol–water partition coefficient (Wildman–Crippen LogP) is 0.0939. The average molecular weight is 233 g/mol. The Bertz CT molecular complexity index is 335. The maximum atomic E-state index is 9.67. The molecule has 0 aliphatic heterocycles. The number of hydrogen-bond acceptors (Lipinski definition) is 5. The van der Waals surface area contributed by atoms with Crippen molar-refractivity contribution in [2.75, 3.05) is 12.3 Å². The molecule has 6 heteroatoms. The average Bonchev–Trinajstić information content (AvgIpc) is 2.17. The van der Waals surface area contributed by atoms with E-state index in [0.29, 0.717) is 5.56 Å². The van der Waals surface area contributed by atoms with Gasteiger partial charge in [0.1, 0.15) is 11.3 Å². The molecule has 2 atom stereocenters. The minimum atomic E-state index is -1.16. The fourth-order valence-electron chi connectivity index (χ4n) is 1.20. The third kappa shape index (κ3) is 3.04. The minimum Gasteiger partial charge on any atom is -0.398 e. The molecule has 2 unspecified atom stereocenters. The Morgan fingerprint density at radius 1 is 1.47 bits per heavy atom. The van der Waals surface area contributed by atoms with Crippen LogP contribution in [0.5, 0.6) is 0 Å². The first-order valence-corrected chi connectivity index (χ1v) is 4.82. The summed E-state index contributed by atoms with van der Waals surface area (Å²) in [4.78, 5) is 3.76. The smallest absolute Gasteiger partial charge is 0.131 e. The van der Waals surface area contributed by atoms with Crippen LogP contribution in [0.1, 0.15) is 18.1 Å². The van der Waals surface area contributed by atoms with Gasteiger partial charge in [-0.05, 0) is 12.5 Å². The monoisotopic (exact) mass is 232 g/mol. The van der Waals surface area contributed by atoms with Crippen LogP contribution >= 0.6 is 11.6 Å². The number of hydrogen-bond donors (Lipinski definition) is 4. The number of anilines is 1. The van der Waals surface area contributed by atoms with E-state index >= 15 is 0 Å². The van der Waals surface area contributed by atoms with Crippen molar-refractivity contribution in [1.82, 2.24) is 4.98 Å². The minimum absolute atomic E-state index is 0.0727. The lowest BCUT2D eigenvalue weighted by Gasteiger charge is -2.18. The number of aliphatic hydroxyl groups is 3. The highest BCUT2D eigenvalue weighted by Crippen LogP contribution is 2.25. The van der Waals surface area contributed by atoms with Crippen LogP contribution in [0.15, 0.2) is 12.3 Å². The number of nitrogen functional groups attached to an aromatic ring is 1. The summed E-state index contributed by atoms with van der Waals surface area (Å²) in [6.07, 6.45) is -0.853. The van der Waals surface area contributed by atoms with Crippen LogP contribution in [0.3, 0.4) is 0 Å². The molecule has 0 aliphatic carbocycles. The number of nitrogens with two attached hydrogens (primary N) is 1. The molecule has 5 N–H and O–H groups in total. The second kappa shape index (κ2) is 5.27. The molecule has 0 spiro atoms. The summed E-state index contributed by atoms with van der Waals surface area (Å²) in [7, 11) is 0. The van der Waals surface area contributed by atoms with Crippen molar-refractivity contribution in [1.29, 1.82) is 0 Å². The van der Waals surface area contributed by atoms with E-state index in [-0.39, 0.29) is 23.9 Å². The van der Waals surface area contributed by atoms with Gasteiger partial charge in [-0.3, -0.25) is 0 Å². The molecular formula is C9H13ClN2O3. The van der Waals surface area contributed by atoms with Crippen LogP contribution in [-0.4, -0.2) is 33.0 Å². The van der Waals surface area contributed by atoms with Crippen LogP contribution < -0.4 is 5.73 Å². The topological polar surface area (TPSA) is 99.6 Å². The van der Waals surface area contributed by atoms with E-state index in [9.17, 15) is 10.2 Å². The normalized spacial score (nSPS) is 14.9. The zero-order valence-corrected chi connectivity index (χ0v) is 8.72. The third-order valence-corrected chi connectivity index (χ3v) is 2.25. The predicted molar refractivity (Wildman–Crippen MR) is 56.3 cm³/mol. The first-order chi connectivity index (χ1) is 7.06. The molecule has 0 amide bonds. The number of pyridine rings is 1. The summed E-state index contributed by atoms with van der Waals surface area (Å²) in [5.41, 5.74) is 6.17. The number of rotatable bonds is 4. The Hall–Kier alpha value is -0.880. The molecule has 5 nitrogen and oxygen atoms in total. The van der Waals surface area contributed by atoms with Gasteiger partial charge in [0, 0.05) is 24.1 Å². The summed E-state index contributed by atoms with van der Waals surface area (Å²) >= 11 is 5.59. The van der Waals surface area contributed by atoms with Gasteiger partial charge in [0.25, 0.3) is 0 Å². The maximum Gasteiger partial charge on any atom is 0.131 e.